The fraction of sp³-hybridized carbons (Fsp3) is 0.370. The van der Waals surface area contributed by atoms with Gasteiger partial charge in [0, 0.05) is 48.8 Å². The Morgan fingerprint density at radius 3 is 2.49 bits per heavy atom. The lowest BCUT2D eigenvalue weighted by atomic mass is 10.0. The van der Waals surface area contributed by atoms with Gasteiger partial charge in [-0.1, -0.05) is 23.7 Å². The normalized spacial score (nSPS) is 19.4. The van der Waals surface area contributed by atoms with E-state index in [-0.39, 0.29) is 30.4 Å². The summed E-state index contributed by atoms with van der Waals surface area (Å²) in [5, 5.41) is 3.53. The van der Waals surface area contributed by atoms with Crippen LogP contribution in [0.25, 0.3) is 10.8 Å². The third kappa shape index (κ3) is 6.01. The number of amides is 1. The summed E-state index contributed by atoms with van der Waals surface area (Å²) in [6.07, 6.45) is 4.95. The van der Waals surface area contributed by atoms with Crippen LogP contribution < -0.4 is 10.3 Å². The Balaban J connectivity index is 1.31. The first-order chi connectivity index (χ1) is 18.7. The first-order valence-corrected chi connectivity index (χ1v) is 14.6. The zero-order valence-electron chi connectivity index (χ0n) is 21.5. The summed E-state index contributed by atoms with van der Waals surface area (Å²) < 4.78 is 33.2. The molecule has 2 aliphatic heterocycles. The van der Waals surface area contributed by atoms with Gasteiger partial charge in [-0.15, -0.1) is 0 Å². The van der Waals surface area contributed by atoms with Crippen molar-refractivity contribution < 1.29 is 22.7 Å². The highest BCUT2D eigenvalue weighted by molar-refractivity contribution is 7.89. The molecule has 5 rings (SSSR count). The van der Waals surface area contributed by atoms with E-state index in [1.54, 1.807) is 42.7 Å². The number of benzene rings is 2. The van der Waals surface area contributed by atoms with E-state index in [9.17, 15) is 18.0 Å². The maximum absolute atomic E-state index is 13.6. The molecule has 2 fully saturated rings. The van der Waals surface area contributed by atoms with E-state index in [0.717, 1.165) is 46.7 Å². The molecule has 0 spiro atoms. The summed E-state index contributed by atoms with van der Waals surface area (Å²) in [5.41, 5.74) is 4.40. The van der Waals surface area contributed by atoms with Crippen molar-refractivity contribution in [3.8, 4) is 0 Å². The second-order valence-corrected chi connectivity index (χ2v) is 12.1. The summed E-state index contributed by atoms with van der Waals surface area (Å²) in [7, 11) is -2.73. The standard InChI is InChI=1S/C27H30ClN5O5S/c1-38-27(35)16-24-17-32(39(36,37)25-5-3-19-14-21(28)4-2-20(19)15-25)18-26(34)33(24)30-22-8-12-31(13-9-22)23-6-10-29-11-7-23/h2-7,10-11,14-15,22,24,30H,8-9,12-13,16-18H2,1H3. The van der Waals surface area contributed by atoms with Crippen molar-refractivity contribution in [1.82, 2.24) is 19.7 Å². The van der Waals surface area contributed by atoms with Crippen LogP contribution in [0.2, 0.25) is 5.02 Å². The summed E-state index contributed by atoms with van der Waals surface area (Å²) in [5.74, 6) is -0.934. The average Bonchev–Trinajstić information content (AvgIpc) is 2.95. The number of ether oxygens (including phenoxy) is 1. The van der Waals surface area contributed by atoms with Gasteiger partial charge in [-0.3, -0.25) is 19.6 Å². The molecule has 12 heteroatoms. The molecule has 0 saturated carbocycles. The van der Waals surface area contributed by atoms with Crippen LogP contribution in [0.5, 0.6) is 0 Å². The van der Waals surface area contributed by atoms with Gasteiger partial charge in [-0.25, -0.2) is 13.8 Å². The zero-order valence-corrected chi connectivity index (χ0v) is 23.1. The van der Waals surface area contributed by atoms with Gasteiger partial charge in [0.2, 0.25) is 10.0 Å². The molecule has 1 unspecified atom stereocenters. The predicted molar refractivity (Wildman–Crippen MR) is 148 cm³/mol. The van der Waals surface area contributed by atoms with Crippen molar-refractivity contribution >= 4 is 50.0 Å². The summed E-state index contributed by atoms with van der Waals surface area (Å²) in [6, 6.07) is 13.2. The van der Waals surface area contributed by atoms with Gasteiger partial charge in [0.1, 0.15) is 0 Å². The molecule has 1 amide bonds. The van der Waals surface area contributed by atoms with E-state index >= 15 is 0 Å². The number of aromatic nitrogens is 1. The molecule has 1 atom stereocenters. The second kappa shape index (κ2) is 11.5. The molecule has 10 nitrogen and oxygen atoms in total. The van der Waals surface area contributed by atoms with Crippen molar-refractivity contribution in [1.29, 1.82) is 0 Å². The number of piperidine rings is 1. The molecule has 1 aromatic heterocycles. The molecule has 0 bridgehead atoms. The Kier molecular flexibility index (Phi) is 8.03. The van der Waals surface area contributed by atoms with Crippen LogP contribution >= 0.6 is 11.6 Å². The van der Waals surface area contributed by atoms with Crippen molar-refractivity contribution in [3.05, 3.63) is 65.9 Å². The number of piperazine rings is 1. The molecular weight excluding hydrogens is 542 g/mol. The topological polar surface area (TPSA) is 112 Å². The Labute approximate surface area is 232 Å². The number of hydrogen-bond acceptors (Lipinski definition) is 8. The molecule has 3 aromatic rings. The third-order valence-electron chi connectivity index (χ3n) is 7.25. The number of carbonyl (C=O) groups is 2. The maximum atomic E-state index is 13.6. The lowest BCUT2D eigenvalue weighted by molar-refractivity contribution is -0.149. The summed E-state index contributed by atoms with van der Waals surface area (Å²) in [4.78, 5) is 32.0. The van der Waals surface area contributed by atoms with Gasteiger partial charge in [0.15, 0.2) is 0 Å². The Morgan fingerprint density at radius 2 is 1.77 bits per heavy atom. The van der Waals surface area contributed by atoms with E-state index < -0.39 is 27.9 Å². The molecular formula is C27H30ClN5O5S. The van der Waals surface area contributed by atoms with E-state index in [1.807, 2.05) is 12.1 Å². The first-order valence-electron chi connectivity index (χ1n) is 12.7. The van der Waals surface area contributed by atoms with E-state index in [0.29, 0.717) is 5.02 Å². The predicted octanol–water partition coefficient (Wildman–Crippen LogP) is 2.83. The Hall–Kier alpha value is -3.25. The van der Waals surface area contributed by atoms with Crippen LogP contribution in [0.3, 0.4) is 0 Å². The largest absolute Gasteiger partial charge is 0.469 e. The number of halogens is 1. The highest BCUT2D eigenvalue weighted by Crippen LogP contribution is 2.27. The fourth-order valence-electron chi connectivity index (χ4n) is 5.13. The molecule has 39 heavy (non-hydrogen) atoms. The maximum Gasteiger partial charge on any atom is 0.307 e. The average molecular weight is 572 g/mol. The minimum absolute atomic E-state index is 0.00246. The van der Waals surface area contributed by atoms with Gasteiger partial charge in [-0.05, 0) is 60.0 Å². The summed E-state index contributed by atoms with van der Waals surface area (Å²) in [6.45, 7) is 1.21. The molecule has 3 heterocycles. The molecule has 2 aromatic carbocycles. The molecule has 2 aliphatic rings. The lowest BCUT2D eigenvalue weighted by Crippen LogP contribution is -2.64. The summed E-state index contributed by atoms with van der Waals surface area (Å²) >= 11 is 6.06. The smallest absolute Gasteiger partial charge is 0.307 e. The number of hydrazine groups is 1. The van der Waals surface area contributed by atoms with Gasteiger partial charge in [-0.2, -0.15) is 4.31 Å². The number of nitrogens with one attached hydrogen (secondary N) is 1. The monoisotopic (exact) mass is 571 g/mol. The number of esters is 1. The molecule has 1 N–H and O–H groups in total. The van der Waals surface area contributed by atoms with Gasteiger partial charge >= 0.3 is 5.97 Å². The van der Waals surface area contributed by atoms with E-state index in [4.69, 9.17) is 16.3 Å². The quantitative estimate of drug-likeness (QED) is 0.431. The third-order valence-corrected chi connectivity index (χ3v) is 9.29. The van der Waals surface area contributed by atoms with Crippen molar-refractivity contribution in [2.75, 3.05) is 38.2 Å². The number of anilines is 1. The van der Waals surface area contributed by atoms with Crippen LogP contribution in [-0.4, -0.2) is 80.0 Å². The molecule has 2 saturated heterocycles. The minimum atomic E-state index is -4.01. The van der Waals surface area contributed by atoms with Crippen LogP contribution in [-0.2, 0) is 24.3 Å². The van der Waals surface area contributed by atoms with Gasteiger partial charge in [0.25, 0.3) is 5.91 Å². The number of sulfonamides is 1. The molecule has 0 radical (unpaired) electrons. The molecule has 206 valence electrons. The van der Waals surface area contributed by atoms with Gasteiger partial charge < -0.3 is 9.64 Å². The number of nitrogens with zero attached hydrogens (tertiary/aromatic N) is 4. The first kappa shape index (κ1) is 27.3. The highest BCUT2D eigenvalue weighted by atomic mass is 35.5. The van der Waals surface area contributed by atoms with Crippen LogP contribution in [0.15, 0.2) is 65.8 Å². The van der Waals surface area contributed by atoms with Crippen LogP contribution in [0.1, 0.15) is 19.3 Å². The second-order valence-electron chi connectivity index (χ2n) is 9.74. The van der Waals surface area contributed by atoms with Crippen LogP contribution in [0.4, 0.5) is 5.69 Å². The zero-order chi connectivity index (χ0) is 27.6. The van der Waals surface area contributed by atoms with Crippen molar-refractivity contribution in [3.63, 3.8) is 0 Å². The lowest BCUT2D eigenvalue weighted by Gasteiger charge is -2.43. The Bertz CT molecular complexity index is 1460. The highest BCUT2D eigenvalue weighted by Gasteiger charge is 2.41. The number of fused-ring (bicyclic) bond motifs is 1. The number of methoxy groups -OCH3 is 1. The minimum Gasteiger partial charge on any atom is -0.469 e. The number of rotatable bonds is 7. The van der Waals surface area contributed by atoms with Crippen molar-refractivity contribution in [2.45, 2.75) is 36.2 Å². The Morgan fingerprint density at radius 1 is 1.08 bits per heavy atom. The van der Waals surface area contributed by atoms with Crippen molar-refractivity contribution in [2.24, 2.45) is 0 Å². The van der Waals surface area contributed by atoms with Crippen LogP contribution in [0, 0.1) is 0 Å². The number of hydrogen-bond donors (Lipinski definition) is 1. The SMILES string of the molecule is COC(=O)CC1CN(S(=O)(=O)c2ccc3cc(Cl)ccc3c2)CC(=O)N1NC1CCN(c2ccncc2)CC1. The molecule has 0 aliphatic carbocycles. The number of carbonyl (C=O) groups excluding carboxylic acids is 2. The van der Waals surface area contributed by atoms with Gasteiger partial charge in [0.05, 0.1) is 31.0 Å². The fourth-order valence-corrected chi connectivity index (χ4v) is 6.77. The van der Waals surface area contributed by atoms with E-state index in [1.165, 1.54) is 18.2 Å². The van der Waals surface area contributed by atoms with E-state index in [2.05, 4.69) is 15.3 Å². The number of pyridine rings is 1.